The van der Waals surface area contributed by atoms with E-state index in [1.165, 1.54) is 5.57 Å². The molecule has 5 aliphatic rings. The zero-order valence-corrected chi connectivity index (χ0v) is 33.0. The number of nitrogens with one attached hydrogen (secondary N) is 1. The minimum atomic E-state index is -1.16. The minimum absolute atomic E-state index is 0.0484. The molecule has 9 atom stereocenters. The fraction of sp³-hybridized carbons (Fsp3) is 0.744. The van der Waals surface area contributed by atoms with Crippen LogP contribution in [0, 0.1) is 56.7 Å². The molecule has 0 radical (unpaired) electrons. The van der Waals surface area contributed by atoms with Crippen LogP contribution in [-0.4, -0.2) is 46.7 Å². The maximum atomic E-state index is 13.9. The number of aliphatic hydroxyl groups is 1. The average Bonchev–Trinajstić information content (AvgIpc) is 3.36. The number of carboxylic acid groups (broad SMARTS) is 1. The summed E-state index contributed by atoms with van der Waals surface area (Å²) in [4.78, 5) is 38.7. The first kappa shape index (κ1) is 38.5. The number of rotatable bonds is 10. The fourth-order valence-electron chi connectivity index (χ4n) is 12.5. The van der Waals surface area contributed by atoms with Gasteiger partial charge in [-0.15, -0.1) is 0 Å². The second-order valence-corrected chi connectivity index (χ2v) is 19.6. The van der Waals surface area contributed by atoms with Gasteiger partial charge in [0.1, 0.15) is 6.10 Å². The van der Waals surface area contributed by atoms with Crippen LogP contribution in [0.5, 0.6) is 0 Å². The Morgan fingerprint density at radius 1 is 0.961 bits per heavy atom. The number of ketones is 1. The van der Waals surface area contributed by atoms with E-state index in [0.29, 0.717) is 42.3 Å². The molecule has 0 amide bonds. The highest BCUT2D eigenvalue weighted by Gasteiger charge is 2.67. The van der Waals surface area contributed by atoms with E-state index in [1.807, 2.05) is 24.3 Å². The molecule has 7 nitrogen and oxygen atoms in total. The van der Waals surface area contributed by atoms with Gasteiger partial charge < -0.3 is 20.3 Å². The van der Waals surface area contributed by atoms with Crippen LogP contribution in [-0.2, 0) is 25.7 Å². The smallest absolute Gasteiger partial charge is 0.309 e. The number of benzene rings is 1. The maximum Gasteiger partial charge on any atom is 0.309 e. The number of halogens is 1. The lowest BCUT2D eigenvalue weighted by Gasteiger charge is -2.68. The summed E-state index contributed by atoms with van der Waals surface area (Å²) in [6, 6.07) is 7.78. The Balaban J connectivity index is 1.23. The predicted octanol–water partition coefficient (Wildman–Crippen LogP) is 8.79. The molecule has 4 fully saturated rings. The van der Waals surface area contributed by atoms with Crippen molar-refractivity contribution in [2.45, 2.75) is 138 Å². The SMILES string of the molecule is CC(C)C1=C2[C@H]3CC[C@H]4[C@@H](CC[C@H]5C(C)(C)[C@@H](OC(=O)CC(C)(C)C(=O)O)CC[C@]45C)[C@]3(C)CC[C@@]2([C@H](O)CNCc2ccc(Cl)cc2)CC1=O. The molecule has 0 heterocycles. The van der Waals surface area contributed by atoms with Crippen molar-refractivity contribution >= 4 is 29.3 Å². The van der Waals surface area contributed by atoms with E-state index >= 15 is 0 Å². The first-order valence-electron chi connectivity index (χ1n) is 19.6. The number of hydrogen-bond acceptors (Lipinski definition) is 6. The summed E-state index contributed by atoms with van der Waals surface area (Å²) in [6.07, 6.45) is 7.36. The number of aliphatic hydroxyl groups excluding tert-OH is 1. The van der Waals surface area contributed by atoms with Gasteiger partial charge in [-0.25, -0.2) is 0 Å². The highest BCUT2D eigenvalue weighted by atomic mass is 35.5. The normalized spacial score (nSPS) is 36.5. The Morgan fingerprint density at radius 3 is 2.25 bits per heavy atom. The van der Waals surface area contributed by atoms with Crippen molar-refractivity contribution in [1.29, 1.82) is 0 Å². The van der Waals surface area contributed by atoms with Gasteiger partial charge in [-0.05, 0) is 129 Å². The lowest BCUT2D eigenvalue weighted by Crippen LogP contribution is -2.62. The lowest BCUT2D eigenvalue weighted by atomic mass is 9.37. The van der Waals surface area contributed by atoms with Gasteiger partial charge in [0.2, 0.25) is 0 Å². The van der Waals surface area contributed by atoms with Crippen LogP contribution in [0.2, 0.25) is 5.02 Å². The molecule has 0 saturated heterocycles. The van der Waals surface area contributed by atoms with E-state index in [2.05, 4.69) is 46.9 Å². The quantitative estimate of drug-likeness (QED) is 0.207. The molecule has 282 valence electrons. The molecule has 0 aromatic heterocycles. The molecule has 0 bridgehead atoms. The van der Waals surface area contributed by atoms with Crippen LogP contribution in [0.15, 0.2) is 35.4 Å². The lowest BCUT2D eigenvalue weighted by molar-refractivity contribution is -0.205. The second-order valence-electron chi connectivity index (χ2n) is 19.2. The first-order chi connectivity index (χ1) is 23.8. The van der Waals surface area contributed by atoms with Crippen LogP contribution in [0.1, 0.15) is 125 Å². The van der Waals surface area contributed by atoms with Gasteiger partial charge in [0.05, 0.1) is 17.9 Å². The molecule has 5 aliphatic carbocycles. The van der Waals surface area contributed by atoms with E-state index in [0.717, 1.165) is 62.5 Å². The molecule has 1 aromatic rings. The van der Waals surface area contributed by atoms with Crippen LogP contribution >= 0.6 is 11.6 Å². The number of carbonyl (C=O) groups excluding carboxylic acids is 2. The van der Waals surface area contributed by atoms with Crippen LogP contribution < -0.4 is 5.32 Å². The van der Waals surface area contributed by atoms with E-state index in [4.69, 9.17) is 16.3 Å². The monoisotopic (exact) mass is 723 g/mol. The van der Waals surface area contributed by atoms with E-state index in [1.54, 1.807) is 13.8 Å². The summed E-state index contributed by atoms with van der Waals surface area (Å²) in [5.41, 5.74) is 1.65. The van der Waals surface area contributed by atoms with Gasteiger partial charge in [-0.1, -0.05) is 70.8 Å². The van der Waals surface area contributed by atoms with Crippen LogP contribution in [0.4, 0.5) is 0 Å². The molecule has 6 rings (SSSR count). The number of carboxylic acids is 1. The Bertz CT molecular complexity index is 1560. The van der Waals surface area contributed by atoms with Gasteiger partial charge in [-0.2, -0.15) is 0 Å². The summed E-state index contributed by atoms with van der Waals surface area (Å²) in [5, 5.41) is 25.9. The third-order valence-corrected chi connectivity index (χ3v) is 15.5. The number of fused-ring (bicyclic) bond motifs is 7. The van der Waals surface area contributed by atoms with Crippen molar-refractivity contribution < 1.29 is 29.3 Å². The summed E-state index contributed by atoms with van der Waals surface area (Å²) in [6.45, 7) is 18.1. The third-order valence-electron chi connectivity index (χ3n) is 15.3. The molecule has 4 saturated carbocycles. The number of Topliss-reactive ketones (excluding diaryl/α,β-unsaturated/α-hetero) is 1. The van der Waals surface area contributed by atoms with Crippen molar-refractivity contribution in [1.82, 2.24) is 5.32 Å². The van der Waals surface area contributed by atoms with E-state index in [-0.39, 0.29) is 46.4 Å². The van der Waals surface area contributed by atoms with Gasteiger partial charge in [0, 0.05) is 35.4 Å². The summed E-state index contributed by atoms with van der Waals surface area (Å²) >= 11 is 6.09. The molecule has 0 spiro atoms. The largest absolute Gasteiger partial charge is 0.481 e. The van der Waals surface area contributed by atoms with Crippen molar-refractivity contribution in [3.8, 4) is 0 Å². The van der Waals surface area contributed by atoms with Gasteiger partial charge in [-0.3, -0.25) is 14.4 Å². The molecule has 1 aromatic carbocycles. The van der Waals surface area contributed by atoms with Gasteiger partial charge in [0.25, 0.3) is 0 Å². The molecule has 51 heavy (non-hydrogen) atoms. The topological polar surface area (TPSA) is 113 Å². The van der Waals surface area contributed by atoms with Crippen molar-refractivity contribution in [3.63, 3.8) is 0 Å². The maximum absolute atomic E-state index is 13.9. The van der Waals surface area contributed by atoms with Crippen molar-refractivity contribution in [2.75, 3.05) is 6.54 Å². The van der Waals surface area contributed by atoms with E-state index < -0.39 is 28.9 Å². The van der Waals surface area contributed by atoms with Gasteiger partial charge in [0.15, 0.2) is 5.78 Å². The van der Waals surface area contributed by atoms with Crippen LogP contribution in [0.3, 0.4) is 0 Å². The summed E-state index contributed by atoms with van der Waals surface area (Å²) < 4.78 is 6.14. The minimum Gasteiger partial charge on any atom is -0.481 e. The van der Waals surface area contributed by atoms with E-state index in [9.17, 15) is 24.6 Å². The van der Waals surface area contributed by atoms with Crippen molar-refractivity contribution in [2.24, 2.45) is 56.7 Å². The molecule has 3 N–H and O–H groups in total. The highest BCUT2D eigenvalue weighted by molar-refractivity contribution is 6.30. The molecular weight excluding hydrogens is 662 g/mol. The molecule has 0 unspecified atom stereocenters. The Labute approximate surface area is 310 Å². The number of carbonyl (C=O) groups is 3. The number of ether oxygens (including phenoxy) is 1. The highest BCUT2D eigenvalue weighted by Crippen LogP contribution is 2.73. The number of allylic oxidation sites excluding steroid dienone is 1. The summed E-state index contributed by atoms with van der Waals surface area (Å²) in [5.74, 6) is 0.689. The average molecular weight is 724 g/mol. The van der Waals surface area contributed by atoms with Gasteiger partial charge >= 0.3 is 11.9 Å². The Kier molecular flexibility index (Phi) is 10.2. The summed E-state index contributed by atoms with van der Waals surface area (Å²) in [7, 11) is 0. The number of aliphatic carboxylic acids is 1. The number of esters is 1. The molecule has 0 aliphatic heterocycles. The second kappa shape index (κ2) is 13.6. The zero-order chi connectivity index (χ0) is 37.3. The fourth-order valence-corrected chi connectivity index (χ4v) is 12.7. The van der Waals surface area contributed by atoms with Crippen LogP contribution in [0.25, 0.3) is 0 Å². The first-order valence-corrected chi connectivity index (χ1v) is 20.0. The third kappa shape index (κ3) is 6.43. The predicted molar refractivity (Wildman–Crippen MR) is 200 cm³/mol. The zero-order valence-electron chi connectivity index (χ0n) is 32.2. The molecular formula is C43H62ClNO6. The number of hydrogen-bond donors (Lipinski definition) is 3. The standard InChI is InChI=1S/C43H62ClNO6/c1-25(2)36-31(46)21-43(33(47)24-45-23-26-9-11-27(44)12-10-26)20-19-41(7)28-15-16-32-40(5,6)34(51-35(48)22-39(3,4)38(49)50)17-18-42(32,8)29(28)13-14-30(41)37(36)43/h9-12,25,28-30,32-34,45,47H,13-24H2,1-8H3,(H,49,50)/t28-,29+,30-,32+,33-,34+,41+,42-,43+/m1/s1. The van der Waals surface area contributed by atoms with Crippen molar-refractivity contribution in [3.05, 3.63) is 46.0 Å². The Hall–Kier alpha value is -2.22. The Morgan fingerprint density at radius 2 is 1.61 bits per heavy atom. The molecule has 8 heteroatoms.